The van der Waals surface area contributed by atoms with Gasteiger partial charge in [-0.05, 0) is 67.0 Å². The maximum absolute atomic E-state index is 11.1. The van der Waals surface area contributed by atoms with Gasteiger partial charge in [0.15, 0.2) is 0 Å². The lowest BCUT2D eigenvalue weighted by molar-refractivity contribution is 0.0697. The number of nitrogens with one attached hydrogen (secondary N) is 1. The van der Waals surface area contributed by atoms with Crippen molar-refractivity contribution in [1.29, 1.82) is 0 Å². The van der Waals surface area contributed by atoms with Crippen LogP contribution in [0.5, 0.6) is 0 Å². The summed E-state index contributed by atoms with van der Waals surface area (Å²) in [5, 5.41) is 12.5. The van der Waals surface area contributed by atoms with Crippen molar-refractivity contribution >= 4 is 28.6 Å². The van der Waals surface area contributed by atoms with E-state index in [9.17, 15) is 4.79 Å². The molecule has 3 aromatic rings. The van der Waals surface area contributed by atoms with Crippen LogP contribution in [0.2, 0.25) is 0 Å². The van der Waals surface area contributed by atoms with Gasteiger partial charge in [-0.1, -0.05) is 32.9 Å². The van der Waals surface area contributed by atoms with E-state index in [0.29, 0.717) is 17.4 Å². The third-order valence-electron chi connectivity index (χ3n) is 5.71. The van der Waals surface area contributed by atoms with Gasteiger partial charge in [-0.3, -0.25) is 0 Å². The topological polar surface area (TPSA) is 67.2 Å². The van der Waals surface area contributed by atoms with Crippen molar-refractivity contribution < 1.29 is 9.90 Å². The first-order valence-electron chi connectivity index (χ1n) is 9.90. The Kier molecular flexibility index (Phi) is 4.61. The molecule has 0 bridgehead atoms. The van der Waals surface area contributed by atoms with Crippen molar-refractivity contribution in [1.82, 2.24) is 9.55 Å². The second kappa shape index (κ2) is 6.97. The smallest absolute Gasteiger partial charge is 0.335 e. The molecule has 0 saturated heterocycles. The van der Waals surface area contributed by atoms with E-state index in [1.807, 2.05) is 12.1 Å². The molecule has 5 heteroatoms. The zero-order valence-corrected chi connectivity index (χ0v) is 16.6. The Bertz CT molecular complexity index is 1000. The Balaban J connectivity index is 1.74. The molecule has 146 valence electrons. The molecular weight excluding hydrogens is 350 g/mol. The Morgan fingerprint density at radius 2 is 1.86 bits per heavy atom. The van der Waals surface area contributed by atoms with Gasteiger partial charge in [0, 0.05) is 11.7 Å². The van der Waals surface area contributed by atoms with Crippen LogP contribution in [0, 0.1) is 11.3 Å². The van der Waals surface area contributed by atoms with Gasteiger partial charge < -0.3 is 15.0 Å². The van der Waals surface area contributed by atoms with Gasteiger partial charge in [0.1, 0.15) is 0 Å². The third-order valence-corrected chi connectivity index (χ3v) is 5.71. The molecule has 2 aromatic carbocycles. The van der Waals surface area contributed by atoms with Crippen molar-refractivity contribution in [2.45, 2.75) is 46.1 Å². The molecular formula is C23H27N3O2. The number of rotatable bonds is 4. The molecule has 1 heterocycles. The van der Waals surface area contributed by atoms with Crippen LogP contribution in [0.15, 0.2) is 48.5 Å². The zero-order valence-electron chi connectivity index (χ0n) is 16.6. The summed E-state index contributed by atoms with van der Waals surface area (Å²) in [6.07, 6.45) is 3.50. The number of aromatic nitrogens is 2. The number of para-hydroxylation sites is 2. The van der Waals surface area contributed by atoms with Gasteiger partial charge >= 0.3 is 5.97 Å². The number of aromatic carboxylic acids is 1. The Morgan fingerprint density at radius 3 is 2.54 bits per heavy atom. The minimum Gasteiger partial charge on any atom is -0.478 e. The molecule has 0 amide bonds. The molecule has 1 fully saturated rings. The van der Waals surface area contributed by atoms with E-state index in [-0.39, 0.29) is 5.56 Å². The van der Waals surface area contributed by atoms with Crippen LogP contribution in [0.3, 0.4) is 0 Å². The summed E-state index contributed by atoms with van der Waals surface area (Å²) >= 11 is 0. The monoisotopic (exact) mass is 377 g/mol. The fraction of sp³-hybridized carbons (Fsp3) is 0.391. The number of nitrogens with zero attached hydrogens (tertiary/aromatic N) is 2. The van der Waals surface area contributed by atoms with Crippen LogP contribution in [0.4, 0.5) is 11.6 Å². The highest BCUT2D eigenvalue weighted by atomic mass is 16.4. The summed E-state index contributed by atoms with van der Waals surface area (Å²) in [6.45, 7) is 7.05. The molecule has 0 aliphatic heterocycles. The van der Waals surface area contributed by atoms with E-state index in [4.69, 9.17) is 10.1 Å². The largest absolute Gasteiger partial charge is 0.478 e. The quantitative estimate of drug-likeness (QED) is 0.597. The van der Waals surface area contributed by atoms with Crippen molar-refractivity contribution in [2.24, 2.45) is 11.3 Å². The van der Waals surface area contributed by atoms with E-state index in [0.717, 1.165) is 35.5 Å². The lowest BCUT2D eigenvalue weighted by atomic mass is 9.70. The number of imidazole rings is 1. The first kappa shape index (κ1) is 18.5. The zero-order chi connectivity index (χ0) is 19.9. The summed E-state index contributed by atoms with van der Waals surface area (Å²) < 4.78 is 2.35. The summed E-state index contributed by atoms with van der Waals surface area (Å²) in [6, 6.07) is 15.4. The molecule has 5 nitrogen and oxygen atoms in total. The van der Waals surface area contributed by atoms with Gasteiger partial charge in [-0.15, -0.1) is 0 Å². The van der Waals surface area contributed by atoms with Crippen LogP contribution >= 0.6 is 0 Å². The van der Waals surface area contributed by atoms with Gasteiger partial charge in [0.25, 0.3) is 0 Å². The normalized spacial score (nSPS) is 21.5. The molecule has 2 N–H and O–H groups in total. The highest BCUT2D eigenvalue weighted by molar-refractivity contribution is 5.88. The van der Waals surface area contributed by atoms with E-state index in [2.05, 4.69) is 42.8 Å². The number of carboxylic acids is 1. The van der Waals surface area contributed by atoms with Gasteiger partial charge in [0.2, 0.25) is 5.95 Å². The molecule has 1 aromatic heterocycles. The third kappa shape index (κ3) is 3.61. The van der Waals surface area contributed by atoms with Gasteiger partial charge in [0.05, 0.1) is 16.6 Å². The van der Waals surface area contributed by atoms with Gasteiger partial charge in [-0.25, -0.2) is 9.78 Å². The number of benzene rings is 2. The van der Waals surface area contributed by atoms with Crippen LogP contribution in [-0.4, -0.2) is 20.6 Å². The molecule has 1 aliphatic rings. The fourth-order valence-electron chi connectivity index (χ4n) is 4.82. The van der Waals surface area contributed by atoms with Gasteiger partial charge in [-0.2, -0.15) is 0 Å². The molecule has 0 spiro atoms. The van der Waals surface area contributed by atoms with Crippen LogP contribution in [-0.2, 0) is 0 Å². The number of hydrogen-bond acceptors (Lipinski definition) is 3. The SMILES string of the molecule is CC1C[C@@H](n2c(Nc3ccc(C(=O)O)cc3)nc3ccccc32)CC(C)(C)C1. The predicted octanol–water partition coefficient (Wildman–Crippen LogP) is 5.87. The van der Waals surface area contributed by atoms with E-state index in [1.54, 1.807) is 24.3 Å². The molecule has 1 aliphatic carbocycles. The number of fused-ring (bicyclic) bond motifs is 1. The first-order chi connectivity index (χ1) is 13.3. The summed E-state index contributed by atoms with van der Waals surface area (Å²) in [4.78, 5) is 16.0. The lowest BCUT2D eigenvalue weighted by Gasteiger charge is -2.40. The van der Waals surface area contributed by atoms with Crippen LogP contribution < -0.4 is 5.32 Å². The second-order valence-corrected chi connectivity index (χ2v) is 8.87. The average molecular weight is 377 g/mol. The maximum atomic E-state index is 11.1. The number of carboxylic acid groups (broad SMARTS) is 1. The summed E-state index contributed by atoms with van der Waals surface area (Å²) in [5.74, 6) is 0.564. The van der Waals surface area contributed by atoms with Crippen molar-refractivity contribution in [3.05, 3.63) is 54.1 Å². The number of hydrogen-bond donors (Lipinski definition) is 2. The molecule has 1 unspecified atom stereocenters. The molecule has 1 saturated carbocycles. The van der Waals surface area contributed by atoms with Crippen molar-refractivity contribution in [3.8, 4) is 0 Å². The average Bonchev–Trinajstić information content (AvgIpc) is 2.98. The summed E-state index contributed by atoms with van der Waals surface area (Å²) in [5.41, 5.74) is 3.53. The standard InChI is InChI=1S/C23H27N3O2/c1-15-12-18(14-23(2,3)13-15)26-20-7-5-4-6-19(20)25-22(26)24-17-10-8-16(9-11-17)21(27)28/h4-11,15,18H,12-14H2,1-3H3,(H,24,25)(H,27,28)/t15?,18-/m1/s1. The Morgan fingerprint density at radius 1 is 1.14 bits per heavy atom. The van der Waals surface area contributed by atoms with Crippen LogP contribution in [0.1, 0.15) is 56.4 Å². The van der Waals surface area contributed by atoms with E-state index in [1.165, 1.54) is 6.42 Å². The first-order valence-corrected chi connectivity index (χ1v) is 9.90. The Labute approximate surface area is 165 Å². The predicted molar refractivity (Wildman–Crippen MR) is 112 cm³/mol. The molecule has 2 atom stereocenters. The van der Waals surface area contributed by atoms with Crippen molar-refractivity contribution in [2.75, 3.05) is 5.32 Å². The maximum Gasteiger partial charge on any atom is 0.335 e. The minimum atomic E-state index is -0.919. The number of carbonyl (C=O) groups is 1. The fourth-order valence-corrected chi connectivity index (χ4v) is 4.82. The minimum absolute atomic E-state index is 0.280. The summed E-state index contributed by atoms with van der Waals surface area (Å²) in [7, 11) is 0. The molecule has 0 radical (unpaired) electrons. The lowest BCUT2D eigenvalue weighted by Crippen LogP contribution is -2.29. The van der Waals surface area contributed by atoms with E-state index < -0.39 is 5.97 Å². The van der Waals surface area contributed by atoms with E-state index >= 15 is 0 Å². The van der Waals surface area contributed by atoms with Crippen LogP contribution in [0.25, 0.3) is 11.0 Å². The van der Waals surface area contributed by atoms with Crippen molar-refractivity contribution in [3.63, 3.8) is 0 Å². The highest BCUT2D eigenvalue weighted by Crippen LogP contribution is 2.45. The highest BCUT2D eigenvalue weighted by Gasteiger charge is 2.34. The second-order valence-electron chi connectivity index (χ2n) is 8.87. The molecule has 4 rings (SSSR count). The number of anilines is 2. The Hall–Kier alpha value is -2.82. The molecule has 28 heavy (non-hydrogen) atoms.